The summed E-state index contributed by atoms with van der Waals surface area (Å²) < 4.78 is 2.17. The number of aromatic nitrogens is 1. The molecule has 1 heterocycles. The first-order valence-corrected chi connectivity index (χ1v) is 6.19. The van der Waals surface area contributed by atoms with Crippen molar-refractivity contribution in [3.05, 3.63) is 35.0 Å². The van der Waals surface area contributed by atoms with Gasteiger partial charge in [-0.3, -0.25) is 4.79 Å². The minimum Gasteiger partial charge on any atom is -0.481 e. The minimum atomic E-state index is -0.741. The van der Waals surface area contributed by atoms with E-state index in [1.54, 1.807) is 6.92 Å². The molecule has 0 aliphatic carbocycles. The molecule has 96 valence electrons. The van der Waals surface area contributed by atoms with E-state index in [0.29, 0.717) is 6.42 Å². The van der Waals surface area contributed by atoms with Crippen LogP contribution in [0.3, 0.4) is 0 Å². The Morgan fingerprint density at radius 1 is 1.39 bits per heavy atom. The molecule has 0 fully saturated rings. The van der Waals surface area contributed by atoms with Crippen molar-refractivity contribution in [2.24, 2.45) is 13.0 Å². The summed E-state index contributed by atoms with van der Waals surface area (Å²) in [6.45, 7) is 5.97. The molecule has 0 amide bonds. The fourth-order valence-electron chi connectivity index (χ4n) is 2.37. The summed E-state index contributed by atoms with van der Waals surface area (Å²) in [5.41, 5.74) is 4.82. The number of nitrogens with zero attached hydrogens (tertiary/aromatic N) is 1. The third-order valence-corrected chi connectivity index (χ3v) is 3.84. The van der Waals surface area contributed by atoms with Crippen LogP contribution in [0.2, 0.25) is 0 Å². The van der Waals surface area contributed by atoms with Gasteiger partial charge in [-0.1, -0.05) is 19.1 Å². The smallest absolute Gasteiger partial charge is 0.306 e. The fraction of sp³-hybridized carbons (Fsp3) is 0.400. The highest BCUT2D eigenvalue weighted by molar-refractivity contribution is 5.86. The second kappa shape index (κ2) is 4.48. The van der Waals surface area contributed by atoms with Gasteiger partial charge in [-0.15, -0.1) is 0 Å². The number of carboxylic acids is 1. The summed E-state index contributed by atoms with van der Waals surface area (Å²) in [6, 6.07) is 6.24. The molecular weight excluding hydrogens is 226 g/mol. The quantitative estimate of drug-likeness (QED) is 0.903. The lowest BCUT2D eigenvalue weighted by Gasteiger charge is -2.07. The molecule has 1 aromatic carbocycles. The molecule has 0 radical (unpaired) electrons. The largest absolute Gasteiger partial charge is 0.481 e. The third kappa shape index (κ3) is 2.01. The second-order valence-corrected chi connectivity index (χ2v) is 5.06. The van der Waals surface area contributed by atoms with E-state index in [1.807, 2.05) is 6.07 Å². The van der Waals surface area contributed by atoms with Crippen LogP contribution in [0, 0.1) is 19.8 Å². The highest BCUT2D eigenvalue weighted by Gasteiger charge is 2.13. The second-order valence-electron chi connectivity index (χ2n) is 5.06. The van der Waals surface area contributed by atoms with E-state index in [9.17, 15) is 4.79 Å². The zero-order valence-corrected chi connectivity index (χ0v) is 11.3. The minimum absolute atomic E-state index is 0.343. The molecule has 2 aromatic rings. The van der Waals surface area contributed by atoms with Gasteiger partial charge in [0.05, 0.1) is 5.92 Å². The molecule has 2 rings (SSSR count). The number of carboxylic acid groups (broad SMARTS) is 1. The van der Waals surface area contributed by atoms with Gasteiger partial charge in [0.25, 0.3) is 0 Å². The molecule has 1 N–H and O–H groups in total. The van der Waals surface area contributed by atoms with Crippen molar-refractivity contribution in [2.45, 2.75) is 27.2 Å². The molecule has 0 bridgehead atoms. The van der Waals surface area contributed by atoms with Gasteiger partial charge >= 0.3 is 5.97 Å². The Balaban J connectivity index is 2.45. The Morgan fingerprint density at radius 3 is 2.67 bits per heavy atom. The average Bonchev–Trinajstić information content (AvgIpc) is 2.54. The van der Waals surface area contributed by atoms with E-state index >= 15 is 0 Å². The molecule has 0 saturated carbocycles. The summed E-state index contributed by atoms with van der Waals surface area (Å²) in [5, 5.41) is 10.2. The summed E-state index contributed by atoms with van der Waals surface area (Å²) in [6.07, 6.45) is 0.578. The molecule has 0 aliphatic rings. The number of rotatable bonds is 3. The van der Waals surface area contributed by atoms with Crippen molar-refractivity contribution in [3.63, 3.8) is 0 Å². The zero-order valence-electron chi connectivity index (χ0n) is 11.3. The van der Waals surface area contributed by atoms with Crippen molar-refractivity contribution in [2.75, 3.05) is 0 Å². The Bertz CT molecular complexity index is 610. The van der Waals surface area contributed by atoms with Crippen LogP contribution in [0.25, 0.3) is 10.9 Å². The molecule has 0 aliphatic heterocycles. The summed E-state index contributed by atoms with van der Waals surface area (Å²) in [5.74, 6) is -1.08. The zero-order chi connectivity index (χ0) is 13.4. The van der Waals surface area contributed by atoms with Gasteiger partial charge in [-0.25, -0.2) is 0 Å². The maximum absolute atomic E-state index is 10.9. The lowest BCUT2D eigenvalue weighted by Crippen LogP contribution is -2.12. The van der Waals surface area contributed by atoms with Gasteiger partial charge in [0.2, 0.25) is 0 Å². The molecule has 1 unspecified atom stereocenters. The van der Waals surface area contributed by atoms with E-state index < -0.39 is 5.97 Å². The van der Waals surface area contributed by atoms with E-state index in [-0.39, 0.29) is 5.92 Å². The number of benzene rings is 1. The summed E-state index contributed by atoms with van der Waals surface area (Å²) in [4.78, 5) is 10.9. The number of carbonyl (C=O) groups is 1. The molecule has 1 atom stereocenters. The predicted molar refractivity (Wildman–Crippen MR) is 72.9 cm³/mol. The monoisotopic (exact) mass is 245 g/mol. The first-order chi connectivity index (χ1) is 8.41. The summed E-state index contributed by atoms with van der Waals surface area (Å²) in [7, 11) is 2.05. The highest BCUT2D eigenvalue weighted by Crippen LogP contribution is 2.25. The van der Waals surface area contributed by atoms with Gasteiger partial charge < -0.3 is 9.67 Å². The van der Waals surface area contributed by atoms with Crippen molar-refractivity contribution in [1.82, 2.24) is 4.57 Å². The molecule has 0 spiro atoms. The van der Waals surface area contributed by atoms with Crippen molar-refractivity contribution < 1.29 is 9.90 Å². The Labute approximate surface area is 107 Å². The first kappa shape index (κ1) is 12.7. The van der Waals surface area contributed by atoms with Gasteiger partial charge in [0.1, 0.15) is 0 Å². The van der Waals surface area contributed by atoms with Gasteiger partial charge in [0.15, 0.2) is 0 Å². The predicted octanol–water partition coefficient (Wildman–Crippen LogP) is 3.06. The van der Waals surface area contributed by atoms with Gasteiger partial charge in [0, 0.05) is 23.6 Å². The first-order valence-electron chi connectivity index (χ1n) is 6.19. The number of hydrogen-bond acceptors (Lipinski definition) is 1. The number of hydrogen-bond donors (Lipinski definition) is 1. The summed E-state index contributed by atoms with van der Waals surface area (Å²) >= 11 is 0. The van der Waals surface area contributed by atoms with E-state index in [0.717, 1.165) is 5.56 Å². The maximum Gasteiger partial charge on any atom is 0.306 e. The standard InChI is InChI=1S/C15H19NO2/c1-9(15(17)18)7-12-5-6-13-10(2)11(3)16(4)14(13)8-12/h5-6,8-9H,7H2,1-4H3,(H,17,18). The Morgan fingerprint density at radius 2 is 2.06 bits per heavy atom. The number of aryl methyl sites for hydroxylation is 2. The Hall–Kier alpha value is -1.77. The van der Waals surface area contributed by atoms with Crippen LogP contribution in [0.15, 0.2) is 18.2 Å². The number of fused-ring (bicyclic) bond motifs is 1. The SMILES string of the molecule is Cc1c(C)n(C)c2cc(CC(C)C(=O)O)ccc12. The maximum atomic E-state index is 10.9. The van der Waals surface area contributed by atoms with Crippen LogP contribution >= 0.6 is 0 Å². The molecule has 18 heavy (non-hydrogen) atoms. The molecule has 3 heteroatoms. The van der Waals surface area contributed by atoms with E-state index in [2.05, 4.69) is 37.6 Å². The lowest BCUT2D eigenvalue weighted by atomic mass is 10.00. The van der Waals surface area contributed by atoms with Crippen molar-refractivity contribution >= 4 is 16.9 Å². The highest BCUT2D eigenvalue weighted by atomic mass is 16.4. The van der Waals surface area contributed by atoms with Crippen LogP contribution in [-0.2, 0) is 18.3 Å². The average molecular weight is 245 g/mol. The van der Waals surface area contributed by atoms with Crippen LogP contribution < -0.4 is 0 Å². The normalized spacial score (nSPS) is 12.9. The van der Waals surface area contributed by atoms with Crippen molar-refractivity contribution in [1.29, 1.82) is 0 Å². The third-order valence-electron chi connectivity index (χ3n) is 3.84. The van der Waals surface area contributed by atoms with Crippen LogP contribution in [0.4, 0.5) is 0 Å². The van der Waals surface area contributed by atoms with E-state index in [4.69, 9.17) is 5.11 Å². The lowest BCUT2D eigenvalue weighted by molar-refractivity contribution is -0.141. The molecule has 1 aromatic heterocycles. The van der Waals surface area contributed by atoms with Gasteiger partial charge in [-0.2, -0.15) is 0 Å². The van der Waals surface area contributed by atoms with Crippen LogP contribution in [0.5, 0.6) is 0 Å². The molecule has 0 saturated heterocycles. The molecular formula is C15H19NO2. The Kier molecular flexibility index (Phi) is 3.16. The number of aliphatic carboxylic acids is 1. The van der Waals surface area contributed by atoms with E-state index in [1.165, 1.54) is 22.2 Å². The van der Waals surface area contributed by atoms with Crippen LogP contribution in [-0.4, -0.2) is 15.6 Å². The van der Waals surface area contributed by atoms with Crippen LogP contribution in [0.1, 0.15) is 23.7 Å². The van der Waals surface area contributed by atoms with Gasteiger partial charge in [-0.05, 0) is 37.5 Å². The van der Waals surface area contributed by atoms with Crippen molar-refractivity contribution in [3.8, 4) is 0 Å². The molecule has 3 nitrogen and oxygen atoms in total. The fourth-order valence-corrected chi connectivity index (χ4v) is 2.37. The topological polar surface area (TPSA) is 42.2 Å².